The first-order valence-corrected chi connectivity index (χ1v) is 8.26. The number of carbonyl (C=O) groups excluding carboxylic acids is 1. The van der Waals surface area contributed by atoms with Gasteiger partial charge < -0.3 is 4.98 Å². The van der Waals surface area contributed by atoms with Gasteiger partial charge in [0.1, 0.15) is 5.82 Å². The summed E-state index contributed by atoms with van der Waals surface area (Å²) in [5, 5.41) is 9.54. The Kier molecular flexibility index (Phi) is 3.62. The molecule has 0 saturated heterocycles. The SMILES string of the molecule is N#CC(C(=O)c1ccc2c(c1)CCCC2)c1nc2ccccc2[nH]1. The minimum Gasteiger partial charge on any atom is -0.340 e. The summed E-state index contributed by atoms with van der Waals surface area (Å²) in [4.78, 5) is 20.4. The van der Waals surface area contributed by atoms with Gasteiger partial charge in [-0.05, 0) is 55.0 Å². The second-order valence-corrected chi connectivity index (χ2v) is 6.26. The number of nitrogens with zero attached hydrogens (tertiary/aromatic N) is 2. The van der Waals surface area contributed by atoms with Crippen molar-refractivity contribution in [2.75, 3.05) is 0 Å². The van der Waals surface area contributed by atoms with Crippen molar-refractivity contribution < 1.29 is 4.79 Å². The number of hydrogen-bond acceptors (Lipinski definition) is 3. The van der Waals surface area contributed by atoms with Crippen LogP contribution in [0.25, 0.3) is 11.0 Å². The highest BCUT2D eigenvalue weighted by molar-refractivity contribution is 6.02. The van der Waals surface area contributed by atoms with Crippen molar-refractivity contribution in [3.8, 4) is 6.07 Å². The fraction of sp³-hybridized carbons (Fsp3) is 0.250. The van der Waals surface area contributed by atoms with Crippen molar-refractivity contribution in [3.05, 3.63) is 65.0 Å². The first-order valence-electron chi connectivity index (χ1n) is 8.26. The molecule has 0 saturated carbocycles. The van der Waals surface area contributed by atoms with Gasteiger partial charge >= 0.3 is 0 Å². The van der Waals surface area contributed by atoms with Crippen LogP contribution >= 0.6 is 0 Å². The molecule has 4 nitrogen and oxygen atoms in total. The Labute approximate surface area is 140 Å². The Hall–Kier alpha value is -2.93. The van der Waals surface area contributed by atoms with Gasteiger partial charge in [-0.25, -0.2) is 4.98 Å². The highest BCUT2D eigenvalue weighted by Crippen LogP contribution is 2.26. The number of hydrogen-bond donors (Lipinski definition) is 1. The number of nitriles is 1. The highest BCUT2D eigenvalue weighted by atomic mass is 16.1. The largest absolute Gasteiger partial charge is 0.340 e. The van der Waals surface area contributed by atoms with Crippen LogP contribution in [0.5, 0.6) is 0 Å². The van der Waals surface area contributed by atoms with E-state index in [9.17, 15) is 10.1 Å². The molecular weight excluding hydrogens is 298 g/mol. The highest BCUT2D eigenvalue weighted by Gasteiger charge is 2.26. The van der Waals surface area contributed by atoms with Gasteiger partial charge in [0, 0.05) is 5.56 Å². The van der Waals surface area contributed by atoms with E-state index in [0.29, 0.717) is 11.4 Å². The lowest BCUT2D eigenvalue weighted by Gasteiger charge is -2.16. The minimum absolute atomic E-state index is 0.190. The Morgan fingerprint density at radius 2 is 1.92 bits per heavy atom. The second kappa shape index (κ2) is 5.93. The Bertz CT molecular complexity index is 931. The Balaban J connectivity index is 1.70. The number of aromatic nitrogens is 2. The number of H-pyrrole nitrogens is 1. The number of carbonyl (C=O) groups is 1. The molecule has 1 heterocycles. The van der Waals surface area contributed by atoms with Crippen LogP contribution in [0.3, 0.4) is 0 Å². The minimum atomic E-state index is -0.904. The molecule has 1 atom stereocenters. The lowest BCUT2D eigenvalue weighted by atomic mass is 9.88. The zero-order chi connectivity index (χ0) is 16.5. The molecular formula is C20H17N3O. The van der Waals surface area contributed by atoms with Crippen molar-refractivity contribution in [3.63, 3.8) is 0 Å². The van der Waals surface area contributed by atoms with Gasteiger partial charge in [0.15, 0.2) is 11.7 Å². The fourth-order valence-electron chi connectivity index (χ4n) is 3.41. The van der Waals surface area contributed by atoms with Gasteiger partial charge in [0.2, 0.25) is 0 Å². The molecule has 0 fully saturated rings. The third-order valence-electron chi connectivity index (χ3n) is 4.71. The molecule has 4 rings (SSSR count). The van der Waals surface area contributed by atoms with Gasteiger partial charge in [-0.15, -0.1) is 0 Å². The molecule has 2 aromatic carbocycles. The van der Waals surface area contributed by atoms with Crippen LogP contribution in [0.1, 0.15) is 46.1 Å². The standard InChI is InChI=1S/C20H17N3O/c21-12-16(20-22-17-7-3-4-8-18(17)23-20)19(24)15-10-9-13-5-1-2-6-14(13)11-15/h3-4,7-11,16H,1-2,5-6H2,(H,22,23). The number of nitrogens with one attached hydrogen (secondary N) is 1. The first kappa shape index (κ1) is 14.6. The second-order valence-electron chi connectivity index (χ2n) is 6.26. The van der Waals surface area contributed by atoms with E-state index in [4.69, 9.17) is 0 Å². The van der Waals surface area contributed by atoms with Crippen LogP contribution in [0, 0.1) is 11.3 Å². The zero-order valence-corrected chi connectivity index (χ0v) is 13.2. The van der Waals surface area contributed by atoms with Gasteiger partial charge in [-0.1, -0.05) is 24.3 Å². The van der Waals surface area contributed by atoms with Crippen LogP contribution in [-0.2, 0) is 12.8 Å². The summed E-state index contributed by atoms with van der Waals surface area (Å²) in [6.45, 7) is 0. The van der Waals surface area contributed by atoms with Gasteiger partial charge in [0.05, 0.1) is 17.1 Å². The van der Waals surface area contributed by atoms with Crippen molar-refractivity contribution in [2.24, 2.45) is 0 Å². The summed E-state index contributed by atoms with van der Waals surface area (Å²) in [5.74, 6) is -0.676. The number of para-hydroxylation sites is 2. The number of rotatable bonds is 3. The zero-order valence-electron chi connectivity index (χ0n) is 13.2. The summed E-state index contributed by atoms with van der Waals surface area (Å²) in [6, 6.07) is 15.5. The van der Waals surface area contributed by atoms with E-state index in [1.54, 1.807) is 0 Å². The van der Waals surface area contributed by atoms with E-state index in [1.807, 2.05) is 42.5 Å². The van der Waals surface area contributed by atoms with Gasteiger partial charge in [-0.2, -0.15) is 5.26 Å². The third kappa shape index (κ3) is 2.48. The Morgan fingerprint density at radius 3 is 2.71 bits per heavy atom. The summed E-state index contributed by atoms with van der Waals surface area (Å²) < 4.78 is 0. The normalized spacial score (nSPS) is 14.8. The molecule has 0 aliphatic heterocycles. The van der Waals surface area contributed by atoms with Crippen LogP contribution in [0.2, 0.25) is 0 Å². The number of benzene rings is 2. The monoisotopic (exact) mass is 315 g/mol. The molecule has 1 N–H and O–H groups in total. The summed E-state index contributed by atoms with van der Waals surface area (Å²) in [7, 11) is 0. The van der Waals surface area contributed by atoms with Crippen molar-refractivity contribution >= 4 is 16.8 Å². The van der Waals surface area contributed by atoms with E-state index in [2.05, 4.69) is 16.0 Å². The van der Waals surface area contributed by atoms with E-state index >= 15 is 0 Å². The third-order valence-corrected chi connectivity index (χ3v) is 4.71. The maximum Gasteiger partial charge on any atom is 0.187 e. The average Bonchev–Trinajstić information content (AvgIpc) is 3.05. The van der Waals surface area contributed by atoms with Crippen molar-refractivity contribution in [1.82, 2.24) is 9.97 Å². The molecule has 1 unspecified atom stereocenters. The van der Waals surface area contributed by atoms with E-state index in [1.165, 1.54) is 17.5 Å². The molecule has 0 bridgehead atoms. The predicted molar refractivity (Wildman–Crippen MR) is 91.9 cm³/mol. The number of fused-ring (bicyclic) bond motifs is 2. The number of Topliss-reactive ketones (excluding diaryl/α,β-unsaturated/α-hetero) is 1. The summed E-state index contributed by atoms with van der Waals surface area (Å²) in [6.07, 6.45) is 4.46. The van der Waals surface area contributed by atoms with Crippen LogP contribution in [0.15, 0.2) is 42.5 Å². The molecule has 0 amide bonds. The maximum atomic E-state index is 12.9. The average molecular weight is 315 g/mol. The summed E-state index contributed by atoms with van der Waals surface area (Å²) >= 11 is 0. The molecule has 4 heteroatoms. The van der Waals surface area contributed by atoms with Gasteiger partial charge in [-0.3, -0.25) is 4.79 Å². The predicted octanol–water partition coefficient (Wildman–Crippen LogP) is 3.93. The van der Waals surface area contributed by atoms with Gasteiger partial charge in [0.25, 0.3) is 0 Å². The van der Waals surface area contributed by atoms with Crippen molar-refractivity contribution in [2.45, 2.75) is 31.6 Å². The lowest BCUT2D eigenvalue weighted by molar-refractivity contribution is 0.0976. The quantitative estimate of drug-likeness (QED) is 0.744. The maximum absolute atomic E-state index is 12.9. The number of aryl methyl sites for hydroxylation is 2. The fourth-order valence-corrected chi connectivity index (χ4v) is 3.41. The molecule has 1 aliphatic carbocycles. The molecule has 0 radical (unpaired) electrons. The molecule has 0 spiro atoms. The van der Waals surface area contributed by atoms with E-state index in [0.717, 1.165) is 30.3 Å². The number of ketones is 1. The smallest absolute Gasteiger partial charge is 0.187 e. The number of imidazole rings is 1. The molecule has 24 heavy (non-hydrogen) atoms. The van der Waals surface area contributed by atoms with E-state index in [-0.39, 0.29) is 5.78 Å². The van der Waals surface area contributed by atoms with Crippen LogP contribution in [0.4, 0.5) is 0 Å². The molecule has 1 aromatic heterocycles. The first-order chi connectivity index (χ1) is 11.8. The molecule has 3 aromatic rings. The topological polar surface area (TPSA) is 69.5 Å². The number of aromatic amines is 1. The molecule has 118 valence electrons. The van der Waals surface area contributed by atoms with Crippen LogP contribution in [-0.4, -0.2) is 15.8 Å². The van der Waals surface area contributed by atoms with Crippen molar-refractivity contribution in [1.29, 1.82) is 5.26 Å². The van der Waals surface area contributed by atoms with E-state index < -0.39 is 5.92 Å². The summed E-state index contributed by atoms with van der Waals surface area (Å²) in [5.41, 5.74) is 4.78. The lowest BCUT2D eigenvalue weighted by Crippen LogP contribution is -2.14. The van der Waals surface area contributed by atoms with Crippen LogP contribution < -0.4 is 0 Å². The molecule has 1 aliphatic rings. The Morgan fingerprint density at radius 1 is 1.12 bits per heavy atom.